The number of hydrogen-bond donors (Lipinski definition) is 2. The first-order valence-corrected chi connectivity index (χ1v) is 12.9. The Hall–Kier alpha value is -1.68. The standard InChI is InChI=1S/C24H30BrClN2O6/c1-4-33-23(32)17-18-22(31)28(13(11-29)9-12(2)3)20(24(18)10-14(25)19(17)34-24)21(30)27-16-8-6-5-7-15(16)26/h5-8,12-14,17-20,29H,4,9-11H2,1-3H3,(H,27,30)/t13-,14?,17+,18-,19+,20+,24-/m1/s1. The van der Waals surface area contributed by atoms with Crippen LogP contribution in [0.2, 0.25) is 5.02 Å². The number of hydrogen-bond acceptors (Lipinski definition) is 6. The molecule has 0 radical (unpaired) electrons. The molecule has 0 aliphatic carbocycles. The monoisotopic (exact) mass is 556 g/mol. The first-order chi connectivity index (χ1) is 16.2. The van der Waals surface area contributed by atoms with Gasteiger partial charge in [-0.05, 0) is 37.8 Å². The molecule has 3 aliphatic rings. The third kappa shape index (κ3) is 4.04. The average Bonchev–Trinajstić information content (AvgIpc) is 3.37. The van der Waals surface area contributed by atoms with E-state index in [1.54, 1.807) is 31.2 Å². The number of halogens is 2. The van der Waals surface area contributed by atoms with Crippen LogP contribution in [-0.4, -0.2) is 69.6 Å². The zero-order valence-corrected chi connectivity index (χ0v) is 21.7. The molecule has 8 nitrogen and oxygen atoms in total. The van der Waals surface area contributed by atoms with Crippen LogP contribution < -0.4 is 5.32 Å². The van der Waals surface area contributed by atoms with E-state index in [0.717, 1.165) is 0 Å². The molecule has 1 unspecified atom stereocenters. The number of aliphatic hydroxyl groups excluding tert-OH is 1. The van der Waals surface area contributed by atoms with Crippen molar-refractivity contribution in [2.75, 3.05) is 18.5 Å². The van der Waals surface area contributed by atoms with Gasteiger partial charge in [-0.1, -0.05) is 53.5 Å². The Morgan fingerprint density at radius 1 is 1.38 bits per heavy atom. The van der Waals surface area contributed by atoms with E-state index >= 15 is 0 Å². The zero-order valence-electron chi connectivity index (χ0n) is 19.4. The minimum absolute atomic E-state index is 0.164. The number of benzene rings is 1. The maximum absolute atomic E-state index is 13.9. The van der Waals surface area contributed by atoms with Gasteiger partial charge in [0.15, 0.2) is 0 Å². The van der Waals surface area contributed by atoms with Crippen LogP contribution in [0.25, 0.3) is 0 Å². The second-order valence-corrected chi connectivity index (χ2v) is 11.2. The number of nitrogens with one attached hydrogen (secondary N) is 1. The molecule has 3 fully saturated rings. The van der Waals surface area contributed by atoms with Crippen LogP contribution in [-0.2, 0) is 23.9 Å². The Morgan fingerprint density at radius 3 is 2.71 bits per heavy atom. The van der Waals surface area contributed by atoms with Gasteiger partial charge in [0.25, 0.3) is 0 Å². The van der Waals surface area contributed by atoms with E-state index in [1.165, 1.54) is 4.90 Å². The summed E-state index contributed by atoms with van der Waals surface area (Å²) >= 11 is 9.89. The number of rotatable bonds is 8. The Kier molecular flexibility index (Phi) is 7.29. The summed E-state index contributed by atoms with van der Waals surface area (Å²) in [7, 11) is 0. The van der Waals surface area contributed by atoms with Crippen LogP contribution in [0.1, 0.15) is 33.6 Å². The highest BCUT2D eigenvalue weighted by molar-refractivity contribution is 9.09. The molecule has 2 N–H and O–H groups in total. The molecule has 34 heavy (non-hydrogen) atoms. The van der Waals surface area contributed by atoms with Crippen LogP contribution in [0.5, 0.6) is 0 Å². The maximum Gasteiger partial charge on any atom is 0.312 e. The number of anilines is 1. The third-order valence-electron chi connectivity index (χ3n) is 7.01. The minimum Gasteiger partial charge on any atom is -0.466 e. The number of ether oxygens (including phenoxy) is 2. The highest BCUT2D eigenvalue weighted by atomic mass is 79.9. The summed E-state index contributed by atoms with van der Waals surface area (Å²) < 4.78 is 11.7. The van der Waals surface area contributed by atoms with Crippen molar-refractivity contribution >= 4 is 51.0 Å². The molecule has 0 aromatic heterocycles. The fourth-order valence-electron chi connectivity index (χ4n) is 5.85. The predicted octanol–water partition coefficient (Wildman–Crippen LogP) is 3.00. The number of likely N-dealkylation sites (tertiary alicyclic amines) is 1. The van der Waals surface area contributed by atoms with E-state index in [4.69, 9.17) is 21.1 Å². The second kappa shape index (κ2) is 9.76. The Bertz CT molecular complexity index is 977. The SMILES string of the molecule is CCOC(=O)[C@@H]1[C@H]2O[C@@]3(CC2Br)[C@H](C(=O)Nc2ccccc2Cl)N([C@@H](CO)CC(C)C)C(=O)[C@@H]13. The number of carbonyl (C=O) groups excluding carboxylic acids is 3. The van der Waals surface area contributed by atoms with E-state index in [1.807, 2.05) is 13.8 Å². The molecule has 7 atom stereocenters. The van der Waals surface area contributed by atoms with Crippen LogP contribution >= 0.6 is 27.5 Å². The van der Waals surface area contributed by atoms with Gasteiger partial charge in [-0.2, -0.15) is 0 Å². The van der Waals surface area contributed by atoms with E-state index in [0.29, 0.717) is 23.6 Å². The van der Waals surface area contributed by atoms with Crippen molar-refractivity contribution in [2.45, 2.75) is 62.2 Å². The lowest BCUT2D eigenvalue weighted by atomic mass is 9.70. The normalized spacial score (nSPS) is 32.7. The topological polar surface area (TPSA) is 105 Å². The lowest BCUT2D eigenvalue weighted by Gasteiger charge is -2.37. The molecule has 1 spiro atoms. The van der Waals surface area contributed by atoms with Gasteiger partial charge in [0.1, 0.15) is 11.6 Å². The molecular formula is C24H30BrClN2O6. The van der Waals surface area contributed by atoms with Gasteiger partial charge < -0.3 is 24.8 Å². The Balaban J connectivity index is 1.78. The fourth-order valence-corrected chi connectivity index (χ4v) is 6.98. The second-order valence-electron chi connectivity index (χ2n) is 9.60. The number of aliphatic hydroxyl groups is 1. The Morgan fingerprint density at radius 2 is 2.09 bits per heavy atom. The van der Waals surface area contributed by atoms with E-state index < -0.39 is 47.5 Å². The van der Waals surface area contributed by atoms with Crippen molar-refractivity contribution in [3.8, 4) is 0 Å². The quantitative estimate of drug-likeness (QED) is 0.376. The summed E-state index contributed by atoms with van der Waals surface area (Å²) in [5, 5.41) is 13.5. The van der Waals surface area contributed by atoms with Crippen molar-refractivity contribution in [1.29, 1.82) is 0 Å². The highest BCUT2D eigenvalue weighted by Gasteiger charge is 2.77. The molecule has 0 saturated carbocycles. The summed E-state index contributed by atoms with van der Waals surface area (Å²) in [5.41, 5.74) is -0.806. The number of alkyl halides is 1. The predicted molar refractivity (Wildman–Crippen MR) is 130 cm³/mol. The number of nitrogens with zero attached hydrogens (tertiary/aromatic N) is 1. The molecule has 3 heterocycles. The van der Waals surface area contributed by atoms with Crippen molar-refractivity contribution in [2.24, 2.45) is 17.8 Å². The molecule has 4 rings (SSSR count). The summed E-state index contributed by atoms with van der Waals surface area (Å²) in [6, 6.07) is 5.20. The highest BCUT2D eigenvalue weighted by Crippen LogP contribution is 2.60. The molecule has 186 valence electrons. The summed E-state index contributed by atoms with van der Waals surface area (Å²) in [6.07, 6.45) is 0.288. The largest absolute Gasteiger partial charge is 0.466 e. The van der Waals surface area contributed by atoms with E-state index in [2.05, 4.69) is 21.2 Å². The molecule has 3 saturated heterocycles. The maximum atomic E-state index is 13.9. The van der Waals surface area contributed by atoms with Crippen LogP contribution in [0.4, 0.5) is 5.69 Å². The number of carbonyl (C=O) groups is 3. The van der Waals surface area contributed by atoms with Crippen LogP contribution in [0.15, 0.2) is 24.3 Å². The van der Waals surface area contributed by atoms with Crippen molar-refractivity contribution in [3.05, 3.63) is 29.3 Å². The zero-order chi connectivity index (χ0) is 24.8. The smallest absolute Gasteiger partial charge is 0.312 e. The van der Waals surface area contributed by atoms with E-state index in [9.17, 15) is 19.5 Å². The first kappa shape index (κ1) is 25.4. The van der Waals surface area contributed by atoms with Gasteiger partial charge in [0, 0.05) is 4.83 Å². The van der Waals surface area contributed by atoms with Gasteiger partial charge in [-0.25, -0.2) is 0 Å². The third-order valence-corrected chi connectivity index (χ3v) is 8.19. The number of fused-ring (bicyclic) bond motifs is 1. The molecular weight excluding hydrogens is 528 g/mol. The van der Waals surface area contributed by atoms with Crippen molar-refractivity contribution < 1.29 is 29.0 Å². The van der Waals surface area contributed by atoms with Gasteiger partial charge >= 0.3 is 5.97 Å². The molecule has 1 aromatic rings. The van der Waals surface area contributed by atoms with Gasteiger partial charge in [-0.3, -0.25) is 14.4 Å². The van der Waals surface area contributed by atoms with Gasteiger partial charge in [0.2, 0.25) is 11.8 Å². The van der Waals surface area contributed by atoms with Gasteiger partial charge in [0.05, 0.1) is 47.9 Å². The fraction of sp³-hybridized carbons (Fsp3) is 0.625. The number of para-hydroxylation sites is 1. The summed E-state index contributed by atoms with van der Waals surface area (Å²) in [5.74, 6) is -2.86. The van der Waals surface area contributed by atoms with Crippen molar-refractivity contribution in [3.63, 3.8) is 0 Å². The first-order valence-electron chi connectivity index (χ1n) is 11.6. The molecule has 1 aromatic carbocycles. The number of esters is 1. The molecule has 10 heteroatoms. The average molecular weight is 558 g/mol. The molecule has 2 bridgehead atoms. The van der Waals surface area contributed by atoms with Crippen molar-refractivity contribution in [1.82, 2.24) is 4.90 Å². The van der Waals surface area contributed by atoms with Gasteiger partial charge in [-0.15, -0.1) is 0 Å². The summed E-state index contributed by atoms with van der Waals surface area (Å²) in [4.78, 5) is 41.9. The van der Waals surface area contributed by atoms with Crippen LogP contribution in [0.3, 0.4) is 0 Å². The lowest BCUT2D eigenvalue weighted by molar-refractivity contribution is -0.155. The van der Waals surface area contributed by atoms with E-state index in [-0.39, 0.29) is 29.9 Å². The lowest BCUT2D eigenvalue weighted by Crippen LogP contribution is -2.56. The van der Waals surface area contributed by atoms with Crippen LogP contribution in [0, 0.1) is 17.8 Å². The Labute approximate surface area is 212 Å². The molecule has 2 amide bonds. The minimum atomic E-state index is -1.22. The summed E-state index contributed by atoms with van der Waals surface area (Å²) in [6.45, 7) is 5.54. The number of amides is 2. The molecule has 3 aliphatic heterocycles.